The maximum atomic E-state index is 2.63. The van der Waals surface area contributed by atoms with Gasteiger partial charge in [0, 0.05) is 168 Å². The summed E-state index contributed by atoms with van der Waals surface area (Å²) < 4.78 is 7.77. The van der Waals surface area contributed by atoms with Gasteiger partial charge in [-0.2, -0.15) is 0 Å². The Morgan fingerprint density at radius 3 is 0.947 bits per heavy atom. The highest BCUT2D eigenvalue weighted by Gasteiger charge is 2.49. The van der Waals surface area contributed by atoms with Crippen LogP contribution in [0.25, 0.3) is 93.9 Å². The molecule has 0 amide bonds. The van der Waals surface area contributed by atoms with Crippen LogP contribution in [0, 0.1) is 69.2 Å². The van der Waals surface area contributed by atoms with Crippen LogP contribution in [0.2, 0.25) is 0 Å². The molecule has 0 saturated heterocycles. The van der Waals surface area contributed by atoms with E-state index in [1.165, 1.54) is 295 Å². The van der Waals surface area contributed by atoms with Crippen LogP contribution in [0.5, 0.6) is 0 Å². The zero-order valence-corrected chi connectivity index (χ0v) is 87.7. The fourth-order valence-electron chi connectivity index (χ4n) is 26.2. The van der Waals surface area contributed by atoms with Crippen molar-refractivity contribution >= 4 is 266 Å². The first kappa shape index (κ1) is 88.6. The molecule has 24 aromatic rings. The van der Waals surface area contributed by atoms with Gasteiger partial charge in [0.05, 0.1) is 17.1 Å². The highest BCUT2D eigenvalue weighted by Crippen LogP contribution is 2.55. The first-order chi connectivity index (χ1) is 73.4. The Balaban J connectivity index is 0.498. The van der Waals surface area contributed by atoms with Gasteiger partial charge in [-0.1, -0.05) is 274 Å². The summed E-state index contributed by atoms with van der Waals surface area (Å²) in [7, 11) is 0. The van der Waals surface area contributed by atoms with E-state index < -0.39 is 0 Å². The van der Waals surface area contributed by atoms with Crippen molar-refractivity contribution in [3.05, 3.63) is 484 Å². The lowest BCUT2D eigenvalue weighted by atomic mass is 9.33. The predicted molar refractivity (Wildman–Crippen MR) is 649 cm³/mol. The molecule has 21 aromatic carbocycles. The van der Waals surface area contributed by atoms with Crippen molar-refractivity contribution in [2.24, 2.45) is 0 Å². The van der Waals surface area contributed by atoms with E-state index in [9.17, 15) is 0 Å². The zero-order valence-electron chi connectivity index (χ0n) is 85.2. The van der Waals surface area contributed by atoms with Crippen LogP contribution < -0.4 is 78.6 Å². The van der Waals surface area contributed by atoms with Crippen molar-refractivity contribution in [1.82, 2.24) is 0 Å². The molecule has 0 fully saturated rings. The fraction of sp³-hybridized carbons (Fsp3) is 0.0870. The van der Waals surface area contributed by atoms with Crippen LogP contribution in [-0.4, -0.2) is 20.1 Å². The second-order valence-corrected chi connectivity index (χ2v) is 46.2. The molecule has 710 valence electrons. The quantitative estimate of drug-likeness (QED) is 0.106. The Labute approximate surface area is 888 Å². The van der Waals surface area contributed by atoms with Gasteiger partial charge in [-0.25, -0.2) is 0 Å². The van der Waals surface area contributed by atoms with E-state index in [1.807, 2.05) is 34.0 Å². The molecule has 0 spiro atoms. The maximum Gasteiger partial charge on any atom is 0.252 e. The molecule has 0 aliphatic carbocycles. The summed E-state index contributed by atoms with van der Waals surface area (Å²) >= 11 is 5.72. The second kappa shape index (κ2) is 33.9. The van der Waals surface area contributed by atoms with Crippen LogP contribution in [0.15, 0.2) is 406 Å². The summed E-state index contributed by atoms with van der Waals surface area (Å²) in [6, 6.07) is 158. The normalized spacial score (nSPS) is 13.3. The number of hydrogen-bond acceptors (Lipinski definition) is 9. The van der Waals surface area contributed by atoms with E-state index in [4.69, 9.17) is 0 Å². The molecule has 3 aromatic heterocycles. The van der Waals surface area contributed by atoms with Crippen molar-refractivity contribution in [2.75, 3.05) is 29.4 Å². The number of fused-ring (bicyclic) bond motifs is 21. The molecule has 0 atom stereocenters. The summed E-state index contributed by atoms with van der Waals surface area (Å²) in [5.74, 6) is 0. The molecule has 30 rings (SSSR count). The Bertz CT molecular complexity index is 9940. The number of anilines is 18. The number of aryl methyl sites for hydroxylation is 10. The SMILES string of the molecule is Cc1ccc(N2c3ccc(C)cc3B3c4cc(C)ccc4N(c4ccc(C)cc4-c4ccc5c(c4)sc4cc(Cc6ccc7c(c6)B6c8cc(C)ccc8N(c8ccc(C)cc8-c8cccc9c8sc8ccc(Cc%10ccc%11c(c%10)B%10c%12cc(C)ccc%12N(c%12ccc(C)cc%12)c%12cccc(c%12%10)N%11c%10ccc(C)cc%10-c%10ccc%11sc%12ccccc%12c%11c%10)cc89)c8cccc(c86)N7c6ccc(C)cc6)ccc45)c4cccc2c43)cc1. The molecule has 6 aliphatic heterocycles. The summed E-state index contributed by atoms with van der Waals surface area (Å²) in [5, 5.41) is 7.74. The van der Waals surface area contributed by atoms with Crippen molar-refractivity contribution in [3.8, 4) is 33.4 Å². The number of rotatable bonds is 13. The Morgan fingerprint density at radius 1 is 0.173 bits per heavy atom. The van der Waals surface area contributed by atoms with E-state index in [2.05, 4.69) is 505 Å². The van der Waals surface area contributed by atoms with E-state index in [1.54, 1.807) is 0 Å². The van der Waals surface area contributed by atoms with E-state index in [0.29, 0.717) is 0 Å². The van der Waals surface area contributed by atoms with Gasteiger partial charge in [0.15, 0.2) is 0 Å². The van der Waals surface area contributed by atoms with E-state index in [0.717, 1.165) is 41.3 Å². The molecule has 9 heterocycles. The third kappa shape index (κ3) is 13.8. The molecule has 150 heavy (non-hydrogen) atoms. The minimum absolute atomic E-state index is 0.0439. The lowest BCUT2D eigenvalue weighted by molar-refractivity contribution is 1.19. The fourth-order valence-corrected chi connectivity index (χ4v) is 29.7. The molecular weight excluding hydrogens is 1870 g/mol. The first-order valence-corrected chi connectivity index (χ1v) is 55.1. The van der Waals surface area contributed by atoms with Crippen molar-refractivity contribution in [3.63, 3.8) is 0 Å². The summed E-state index contributed by atoms with van der Waals surface area (Å²) in [4.78, 5) is 15.4. The molecule has 0 unspecified atom stereocenters. The highest BCUT2D eigenvalue weighted by atomic mass is 32.1. The van der Waals surface area contributed by atoms with Gasteiger partial charge in [0.2, 0.25) is 0 Å². The zero-order chi connectivity index (χ0) is 100. The molecule has 6 nitrogen and oxygen atoms in total. The van der Waals surface area contributed by atoms with Gasteiger partial charge in [0.25, 0.3) is 20.1 Å². The number of nitrogens with zero attached hydrogens (tertiary/aromatic N) is 6. The standard InChI is InChI=1S/C138H101B3N6S3/c1-80-27-46-96(47-28-80)142-118-57-36-86(7)68-109(118)139-111-70-88(9)38-59-121(111)145(127-23-14-20-124(142)135(127)139)116-55-34-84(5)66-105(116)95-44-53-101-100-52-40-93(77-133(100)149-134(101)79-95)73-92-41-61-120-113(75-92)141-112-71-89(10)39-60-122(112)147(129-25-16-22-126(137(129)141)144(120)98-50-31-82(3)32-51-98)117-56-35-85(6)67-106(117)102-18-13-19-103-107-74-90(43-63-132(107)150-138(102)103)72-91-42-62-123-114(76-91)140-110-69-87(8)37-58-119(110)143(97-48-29-81(2)30-49-97)125-21-15-24-128(136(125)140)146(123)115-54-33-83(4)65-104(115)94-45-64-131-108(78-94)99-17-11-12-26-130(99)148-131/h11-71,74-79H,72-73H2,1-10H3. The summed E-state index contributed by atoms with van der Waals surface area (Å²) in [6.45, 7) is 22.3. The lowest BCUT2D eigenvalue weighted by Crippen LogP contribution is -2.61. The van der Waals surface area contributed by atoms with Crippen molar-refractivity contribution in [1.29, 1.82) is 0 Å². The topological polar surface area (TPSA) is 19.4 Å². The summed E-state index contributed by atoms with van der Waals surface area (Å²) in [5.41, 5.74) is 58.2. The first-order valence-electron chi connectivity index (χ1n) is 52.6. The van der Waals surface area contributed by atoms with Gasteiger partial charge in [-0.3, -0.25) is 0 Å². The molecule has 6 aliphatic rings. The third-order valence-electron chi connectivity index (χ3n) is 33.0. The van der Waals surface area contributed by atoms with Crippen LogP contribution in [0.1, 0.15) is 77.9 Å². The van der Waals surface area contributed by atoms with E-state index >= 15 is 0 Å². The summed E-state index contributed by atoms with van der Waals surface area (Å²) in [6.07, 6.45) is 1.54. The smallest absolute Gasteiger partial charge is 0.252 e. The van der Waals surface area contributed by atoms with Gasteiger partial charge < -0.3 is 29.4 Å². The van der Waals surface area contributed by atoms with Crippen LogP contribution in [-0.2, 0) is 12.8 Å². The van der Waals surface area contributed by atoms with Crippen LogP contribution >= 0.6 is 34.0 Å². The third-order valence-corrected chi connectivity index (χ3v) is 36.5. The highest BCUT2D eigenvalue weighted by molar-refractivity contribution is 7.27. The van der Waals surface area contributed by atoms with Gasteiger partial charge >= 0.3 is 0 Å². The van der Waals surface area contributed by atoms with Crippen LogP contribution in [0.4, 0.5) is 102 Å². The number of hydrogen-bond donors (Lipinski definition) is 0. The number of thiophene rings is 3. The largest absolute Gasteiger partial charge is 0.311 e. The number of benzene rings is 21. The molecule has 0 radical (unpaired) electrons. The second-order valence-electron chi connectivity index (χ2n) is 43.0. The monoisotopic (exact) mass is 1970 g/mol. The van der Waals surface area contributed by atoms with E-state index in [-0.39, 0.29) is 20.1 Å². The maximum absolute atomic E-state index is 2.63. The minimum atomic E-state index is -0.0719. The van der Waals surface area contributed by atoms with Crippen LogP contribution in [0.3, 0.4) is 0 Å². The predicted octanol–water partition coefficient (Wildman–Crippen LogP) is 32.3. The molecule has 0 bridgehead atoms. The lowest BCUT2D eigenvalue weighted by Gasteiger charge is -2.44. The van der Waals surface area contributed by atoms with Gasteiger partial charge in [-0.15, -0.1) is 34.0 Å². The molecule has 12 heteroatoms. The average molecular weight is 1970 g/mol. The molecule has 0 N–H and O–H groups in total. The van der Waals surface area contributed by atoms with Crippen molar-refractivity contribution in [2.45, 2.75) is 82.1 Å². The van der Waals surface area contributed by atoms with Crippen molar-refractivity contribution < 1.29 is 0 Å². The average Bonchev–Trinajstić information content (AvgIpc) is 0.765. The molecular formula is C138H101B3N6S3. The Morgan fingerprint density at radius 2 is 0.473 bits per heavy atom. The Hall–Kier alpha value is -16.7. The van der Waals surface area contributed by atoms with Gasteiger partial charge in [-0.05, 0) is 353 Å². The minimum Gasteiger partial charge on any atom is -0.311 e. The molecule has 0 saturated carbocycles. The van der Waals surface area contributed by atoms with Gasteiger partial charge in [0.1, 0.15) is 0 Å². The Kier molecular flexibility index (Phi) is 20.0.